The molecule has 0 aliphatic heterocycles. The molecule has 0 bridgehead atoms. The van der Waals surface area contributed by atoms with Crippen LogP contribution < -0.4 is 0 Å². The van der Waals surface area contributed by atoms with Gasteiger partial charge in [0.1, 0.15) is 0 Å². The molecule has 0 aliphatic carbocycles. The van der Waals surface area contributed by atoms with Gasteiger partial charge in [0, 0.05) is 17.6 Å². The highest BCUT2D eigenvalue weighted by Gasteiger charge is 2.23. The Hall–Kier alpha value is 1.02. The topological polar surface area (TPSA) is 35.5 Å². The van der Waals surface area contributed by atoms with E-state index in [1.165, 1.54) is 0 Å². The van der Waals surface area contributed by atoms with Gasteiger partial charge in [-0.2, -0.15) is 0 Å². The number of rotatable bonds is 8. The van der Waals surface area contributed by atoms with Crippen LogP contribution in [0.4, 0.5) is 0 Å². The highest BCUT2D eigenvalue weighted by molar-refractivity contribution is 7.54. The SMILES string of the molecule is O=P(CCCl)(OCCCl)OCCCl. The summed E-state index contributed by atoms with van der Waals surface area (Å²) in [5.74, 6) is 0.773. The van der Waals surface area contributed by atoms with Crippen LogP contribution in [0, 0.1) is 0 Å². The van der Waals surface area contributed by atoms with Crippen LogP contribution in [0.1, 0.15) is 0 Å². The third kappa shape index (κ3) is 7.01. The van der Waals surface area contributed by atoms with E-state index in [0.717, 1.165) is 0 Å². The lowest BCUT2D eigenvalue weighted by molar-refractivity contribution is 0.223. The van der Waals surface area contributed by atoms with E-state index >= 15 is 0 Å². The normalized spacial score (nSPS) is 11.9. The van der Waals surface area contributed by atoms with Crippen LogP contribution in [0.15, 0.2) is 0 Å². The maximum Gasteiger partial charge on any atom is 0.331 e. The van der Waals surface area contributed by atoms with Gasteiger partial charge in [0.15, 0.2) is 0 Å². The Kier molecular flexibility index (Phi) is 8.99. The lowest BCUT2D eigenvalue weighted by Gasteiger charge is -2.16. The minimum absolute atomic E-state index is 0.183. The van der Waals surface area contributed by atoms with Gasteiger partial charge in [0.25, 0.3) is 0 Å². The Morgan fingerprint density at radius 2 is 1.38 bits per heavy atom. The van der Waals surface area contributed by atoms with Gasteiger partial charge in [0.05, 0.1) is 19.4 Å². The van der Waals surface area contributed by atoms with Crippen molar-refractivity contribution in [3.8, 4) is 0 Å². The van der Waals surface area contributed by atoms with Crippen LogP contribution in [0.2, 0.25) is 0 Å². The molecule has 0 aliphatic rings. The molecule has 80 valence electrons. The van der Waals surface area contributed by atoms with Gasteiger partial charge in [-0.05, 0) is 0 Å². The van der Waals surface area contributed by atoms with E-state index in [2.05, 4.69) is 0 Å². The zero-order valence-corrected chi connectivity index (χ0v) is 10.2. The fraction of sp³-hybridized carbons (Fsp3) is 1.00. The molecule has 0 rings (SSSR count). The molecule has 0 N–H and O–H groups in total. The molecule has 0 unspecified atom stereocenters. The predicted molar refractivity (Wildman–Crippen MR) is 56.5 cm³/mol. The lowest BCUT2D eigenvalue weighted by atomic mass is 10.9. The molecule has 0 saturated heterocycles. The molecule has 0 heterocycles. The van der Waals surface area contributed by atoms with Gasteiger partial charge >= 0.3 is 7.60 Å². The standard InChI is InChI=1S/C6H12Cl3O3P/c7-1-4-11-13(10,6-3-9)12-5-2-8/h1-6H2. The monoisotopic (exact) mass is 268 g/mol. The van der Waals surface area contributed by atoms with Crippen LogP contribution in [-0.4, -0.2) is 37.0 Å². The van der Waals surface area contributed by atoms with Crippen molar-refractivity contribution in [2.75, 3.05) is 37.0 Å². The molecule has 0 saturated carbocycles. The van der Waals surface area contributed by atoms with Crippen LogP contribution in [0.3, 0.4) is 0 Å². The molecule has 0 radical (unpaired) electrons. The second-order valence-corrected chi connectivity index (χ2v) is 5.39. The average molecular weight is 269 g/mol. The third-order valence-electron chi connectivity index (χ3n) is 1.09. The van der Waals surface area contributed by atoms with Crippen molar-refractivity contribution in [1.29, 1.82) is 0 Å². The molecule has 13 heavy (non-hydrogen) atoms. The largest absolute Gasteiger partial charge is 0.331 e. The number of alkyl halides is 3. The van der Waals surface area contributed by atoms with Crippen LogP contribution in [0.5, 0.6) is 0 Å². The molecule has 0 atom stereocenters. The summed E-state index contributed by atoms with van der Waals surface area (Å²) in [6.07, 6.45) is 0.183. The zero-order chi connectivity index (χ0) is 10.2. The minimum atomic E-state index is -3.05. The first kappa shape index (κ1) is 14.0. The molecule has 7 heteroatoms. The quantitative estimate of drug-likeness (QED) is 0.502. The molecule has 0 fully saturated rings. The van der Waals surface area contributed by atoms with E-state index in [9.17, 15) is 4.57 Å². The van der Waals surface area contributed by atoms with Crippen molar-refractivity contribution < 1.29 is 13.6 Å². The average Bonchev–Trinajstić information content (AvgIpc) is 2.12. The summed E-state index contributed by atoms with van der Waals surface area (Å²) in [5, 5.41) is 0. The molecule has 0 aromatic rings. The Balaban J connectivity index is 3.92. The van der Waals surface area contributed by atoms with Crippen LogP contribution in [0.25, 0.3) is 0 Å². The van der Waals surface area contributed by atoms with Gasteiger partial charge < -0.3 is 9.05 Å². The summed E-state index contributed by atoms with van der Waals surface area (Å²) in [6.45, 7) is 0.385. The summed E-state index contributed by atoms with van der Waals surface area (Å²) >= 11 is 16.2. The summed E-state index contributed by atoms with van der Waals surface area (Å²) in [6, 6.07) is 0. The summed E-state index contributed by atoms with van der Waals surface area (Å²) in [5.41, 5.74) is 0. The van der Waals surface area contributed by atoms with E-state index < -0.39 is 7.60 Å². The lowest BCUT2D eigenvalue weighted by Crippen LogP contribution is -2.04. The molecule has 3 nitrogen and oxygen atoms in total. The predicted octanol–water partition coefficient (Wildman–Crippen LogP) is 2.93. The summed E-state index contributed by atoms with van der Waals surface area (Å²) in [7, 11) is -3.05. The van der Waals surface area contributed by atoms with Gasteiger partial charge in [0.2, 0.25) is 0 Å². The van der Waals surface area contributed by atoms with Crippen molar-refractivity contribution in [3.05, 3.63) is 0 Å². The molecule has 0 aromatic carbocycles. The first-order valence-corrected chi connectivity index (χ1v) is 7.07. The first-order valence-electron chi connectivity index (χ1n) is 3.74. The van der Waals surface area contributed by atoms with E-state index in [-0.39, 0.29) is 37.0 Å². The number of halogens is 3. The third-order valence-corrected chi connectivity index (χ3v) is 3.77. The molecule has 0 amide bonds. The van der Waals surface area contributed by atoms with Crippen LogP contribution in [-0.2, 0) is 13.6 Å². The van der Waals surface area contributed by atoms with Crippen molar-refractivity contribution in [2.24, 2.45) is 0 Å². The Bertz CT molecular complexity index is 155. The summed E-state index contributed by atoms with van der Waals surface area (Å²) < 4.78 is 21.6. The van der Waals surface area contributed by atoms with Gasteiger partial charge in [-0.15, -0.1) is 34.8 Å². The Morgan fingerprint density at radius 1 is 0.923 bits per heavy atom. The van der Waals surface area contributed by atoms with E-state index in [1.807, 2.05) is 0 Å². The fourth-order valence-corrected chi connectivity index (χ4v) is 2.89. The number of hydrogen-bond acceptors (Lipinski definition) is 3. The molecular weight excluding hydrogens is 257 g/mol. The second-order valence-electron chi connectivity index (χ2n) is 2.07. The van der Waals surface area contributed by atoms with Crippen molar-refractivity contribution in [2.45, 2.75) is 0 Å². The smallest absolute Gasteiger partial charge is 0.307 e. The molecule has 0 spiro atoms. The maximum absolute atomic E-state index is 11.7. The van der Waals surface area contributed by atoms with Crippen molar-refractivity contribution in [1.82, 2.24) is 0 Å². The Morgan fingerprint density at radius 3 is 1.69 bits per heavy atom. The van der Waals surface area contributed by atoms with Crippen molar-refractivity contribution in [3.63, 3.8) is 0 Å². The molecule has 0 aromatic heterocycles. The fourth-order valence-electron chi connectivity index (χ4n) is 0.617. The highest BCUT2D eigenvalue weighted by atomic mass is 35.5. The highest BCUT2D eigenvalue weighted by Crippen LogP contribution is 2.47. The van der Waals surface area contributed by atoms with Crippen LogP contribution >= 0.6 is 42.4 Å². The molecular formula is C6H12Cl3O3P. The summed E-state index contributed by atoms with van der Waals surface area (Å²) in [4.78, 5) is 0. The maximum atomic E-state index is 11.7. The zero-order valence-electron chi connectivity index (χ0n) is 7.05. The first-order chi connectivity index (χ1) is 6.18. The minimum Gasteiger partial charge on any atom is -0.307 e. The van der Waals surface area contributed by atoms with Gasteiger partial charge in [-0.3, -0.25) is 4.57 Å². The van der Waals surface area contributed by atoms with Gasteiger partial charge in [-0.1, -0.05) is 0 Å². The number of hydrogen-bond donors (Lipinski definition) is 0. The van der Waals surface area contributed by atoms with Crippen molar-refractivity contribution >= 4 is 42.4 Å². The van der Waals surface area contributed by atoms with E-state index in [1.54, 1.807) is 0 Å². The van der Waals surface area contributed by atoms with E-state index in [4.69, 9.17) is 43.9 Å². The van der Waals surface area contributed by atoms with E-state index in [0.29, 0.717) is 0 Å². The van der Waals surface area contributed by atoms with Gasteiger partial charge in [-0.25, -0.2) is 0 Å². The Labute approximate surface area is 93.2 Å². The second kappa shape index (κ2) is 8.34.